The van der Waals surface area contributed by atoms with E-state index in [2.05, 4.69) is 15.1 Å². The number of hydrogen-bond acceptors (Lipinski definition) is 5. The van der Waals surface area contributed by atoms with E-state index in [4.69, 9.17) is 4.52 Å². The molecule has 0 aliphatic heterocycles. The topological polar surface area (TPSA) is 72.0 Å². The van der Waals surface area contributed by atoms with Crippen LogP contribution in [0.15, 0.2) is 40.9 Å². The second-order valence-electron chi connectivity index (χ2n) is 4.61. The van der Waals surface area contributed by atoms with E-state index in [9.17, 15) is 5.11 Å². The predicted molar refractivity (Wildman–Crippen MR) is 74.1 cm³/mol. The van der Waals surface area contributed by atoms with Crippen molar-refractivity contribution in [2.45, 2.75) is 13.8 Å². The van der Waals surface area contributed by atoms with Gasteiger partial charge >= 0.3 is 0 Å². The summed E-state index contributed by atoms with van der Waals surface area (Å²) in [6.07, 6.45) is 0. The van der Waals surface area contributed by atoms with Crippen molar-refractivity contribution in [3.8, 4) is 28.6 Å². The fraction of sp³-hybridized carbons (Fsp3) is 0.133. The fourth-order valence-corrected chi connectivity index (χ4v) is 2.06. The number of aromatic hydroxyl groups is 1. The van der Waals surface area contributed by atoms with Gasteiger partial charge in [-0.3, -0.25) is 4.98 Å². The average Bonchev–Trinajstić information content (AvgIpc) is 2.87. The van der Waals surface area contributed by atoms with Crippen molar-refractivity contribution in [1.29, 1.82) is 0 Å². The minimum atomic E-state index is 0.165. The number of aromatic nitrogens is 3. The molecule has 2 aromatic heterocycles. The number of rotatable bonds is 2. The maximum Gasteiger partial charge on any atom is 0.258 e. The van der Waals surface area contributed by atoms with Gasteiger partial charge in [0.25, 0.3) is 5.89 Å². The number of benzene rings is 1. The van der Waals surface area contributed by atoms with E-state index >= 15 is 0 Å². The molecular weight excluding hydrogens is 254 g/mol. The fourth-order valence-electron chi connectivity index (χ4n) is 2.06. The highest BCUT2D eigenvalue weighted by Crippen LogP contribution is 2.25. The molecule has 0 atom stereocenters. The van der Waals surface area contributed by atoms with Gasteiger partial charge in [0.15, 0.2) is 0 Å². The first-order chi connectivity index (χ1) is 9.61. The lowest BCUT2D eigenvalue weighted by atomic mass is 10.2. The summed E-state index contributed by atoms with van der Waals surface area (Å²) < 4.78 is 5.25. The molecule has 0 fully saturated rings. The van der Waals surface area contributed by atoms with Crippen LogP contribution in [0, 0.1) is 13.8 Å². The molecule has 100 valence electrons. The summed E-state index contributed by atoms with van der Waals surface area (Å²) in [6.45, 7) is 3.85. The zero-order valence-electron chi connectivity index (χ0n) is 11.2. The molecule has 0 amide bonds. The molecule has 0 aliphatic carbocycles. The van der Waals surface area contributed by atoms with E-state index in [0.29, 0.717) is 17.3 Å². The van der Waals surface area contributed by atoms with Crippen molar-refractivity contribution in [3.05, 3.63) is 47.8 Å². The van der Waals surface area contributed by atoms with Crippen LogP contribution < -0.4 is 0 Å². The Hall–Kier alpha value is -2.69. The van der Waals surface area contributed by atoms with Gasteiger partial charge in [-0.2, -0.15) is 4.98 Å². The average molecular weight is 267 g/mol. The van der Waals surface area contributed by atoms with Gasteiger partial charge < -0.3 is 9.63 Å². The lowest BCUT2D eigenvalue weighted by molar-refractivity contribution is 0.431. The van der Waals surface area contributed by atoms with Crippen molar-refractivity contribution in [3.63, 3.8) is 0 Å². The molecule has 3 aromatic rings. The monoisotopic (exact) mass is 267 g/mol. The Morgan fingerprint density at radius 3 is 2.40 bits per heavy atom. The van der Waals surface area contributed by atoms with Crippen LogP contribution in [-0.2, 0) is 0 Å². The van der Waals surface area contributed by atoms with Gasteiger partial charge in [0.05, 0.1) is 0 Å². The molecule has 5 heteroatoms. The van der Waals surface area contributed by atoms with Crippen LogP contribution in [0.5, 0.6) is 5.75 Å². The lowest BCUT2D eigenvalue weighted by Crippen LogP contribution is -1.89. The van der Waals surface area contributed by atoms with Crippen LogP contribution in [0.3, 0.4) is 0 Å². The quantitative estimate of drug-likeness (QED) is 0.772. The van der Waals surface area contributed by atoms with Crippen LogP contribution in [0.2, 0.25) is 0 Å². The van der Waals surface area contributed by atoms with Gasteiger partial charge in [0.2, 0.25) is 5.82 Å². The van der Waals surface area contributed by atoms with Crippen molar-refractivity contribution in [1.82, 2.24) is 15.1 Å². The highest BCUT2D eigenvalue weighted by Gasteiger charge is 2.11. The Balaban J connectivity index is 2.02. The standard InChI is InChI=1S/C15H13N3O2/c1-9-6-12(7-10(2)16-9)14-17-15(20-18-14)11-4-3-5-13(19)8-11/h3-8,19H,1-2H3. The van der Waals surface area contributed by atoms with Gasteiger partial charge in [-0.25, -0.2) is 0 Å². The third-order valence-electron chi connectivity index (χ3n) is 2.86. The van der Waals surface area contributed by atoms with Crippen LogP contribution in [-0.4, -0.2) is 20.2 Å². The normalized spacial score (nSPS) is 10.7. The molecule has 0 unspecified atom stereocenters. The number of aryl methyl sites for hydroxylation is 2. The molecule has 1 N–H and O–H groups in total. The summed E-state index contributed by atoms with van der Waals surface area (Å²) in [4.78, 5) is 8.67. The maximum absolute atomic E-state index is 9.47. The van der Waals surface area contributed by atoms with Crippen LogP contribution in [0.1, 0.15) is 11.4 Å². The minimum Gasteiger partial charge on any atom is -0.508 e. The second-order valence-corrected chi connectivity index (χ2v) is 4.61. The Kier molecular flexibility index (Phi) is 2.95. The number of phenolic OH excluding ortho intramolecular Hbond substituents is 1. The number of pyridine rings is 1. The van der Waals surface area contributed by atoms with Crippen molar-refractivity contribution >= 4 is 0 Å². The predicted octanol–water partition coefficient (Wildman–Crippen LogP) is 3.12. The zero-order valence-corrected chi connectivity index (χ0v) is 11.2. The minimum absolute atomic E-state index is 0.165. The Labute approximate surface area is 115 Å². The molecule has 0 radical (unpaired) electrons. The van der Waals surface area contributed by atoms with Gasteiger partial charge in [-0.15, -0.1) is 0 Å². The third-order valence-corrected chi connectivity index (χ3v) is 2.86. The van der Waals surface area contributed by atoms with E-state index < -0.39 is 0 Å². The summed E-state index contributed by atoms with van der Waals surface area (Å²) in [5.41, 5.74) is 3.36. The molecule has 2 heterocycles. The third kappa shape index (κ3) is 2.38. The first kappa shape index (κ1) is 12.3. The van der Waals surface area contributed by atoms with Crippen molar-refractivity contribution in [2.24, 2.45) is 0 Å². The first-order valence-electron chi connectivity index (χ1n) is 6.20. The van der Waals surface area contributed by atoms with Gasteiger partial charge in [0.1, 0.15) is 5.75 Å². The molecule has 5 nitrogen and oxygen atoms in total. The first-order valence-corrected chi connectivity index (χ1v) is 6.20. The highest BCUT2D eigenvalue weighted by molar-refractivity contribution is 5.61. The largest absolute Gasteiger partial charge is 0.508 e. The summed E-state index contributed by atoms with van der Waals surface area (Å²) in [5, 5.41) is 13.5. The summed E-state index contributed by atoms with van der Waals surface area (Å²) >= 11 is 0. The molecule has 0 aliphatic rings. The highest BCUT2D eigenvalue weighted by atomic mass is 16.5. The molecule has 0 saturated carbocycles. The van der Waals surface area contributed by atoms with E-state index in [1.54, 1.807) is 24.3 Å². The molecule has 1 aromatic carbocycles. The summed E-state index contributed by atoms with van der Waals surface area (Å²) in [6, 6.07) is 10.5. The lowest BCUT2D eigenvalue weighted by Gasteiger charge is -1.99. The van der Waals surface area contributed by atoms with E-state index in [-0.39, 0.29) is 5.75 Å². The second kappa shape index (κ2) is 4.77. The van der Waals surface area contributed by atoms with E-state index in [0.717, 1.165) is 17.0 Å². The molecule has 0 saturated heterocycles. The van der Waals surface area contributed by atoms with Gasteiger partial charge in [-0.1, -0.05) is 11.2 Å². The summed E-state index contributed by atoms with van der Waals surface area (Å²) in [5.74, 6) is 1.05. The number of phenols is 1. The SMILES string of the molecule is Cc1cc(-c2noc(-c3cccc(O)c3)n2)cc(C)n1. The van der Waals surface area contributed by atoms with Gasteiger partial charge in [0, 0.05) is 22.5 Å². The van der Waals surface area contributed by atoms with Gasteiger partial charge in [-0.05, 0) is 44.2 Å². The smallest absolute Gasteiger partial charge is 0.258 e. The van der Waals surface area contributed by atoms with Crippen LogP contribution in [0.4, 0.5) is 0 Å². The Morgan fingerprint density at radius 2 is 1.70 bits per heavy atom. The summed E-state index contributed by atoms with van der Waals surface area (Å²) in [7, 11) is 0. The maximum atomic E-state index is 9.47. The molecule has 20 heavy (non-hydrogen) atoms. The van der Waals surface area contributed by atoms with Crippen molar-refractivity contribution in [2.75, 3.05) is 0 Å². The van der Waals surface area contributed by atoms with Crippen molar-refractivity contribution < 1.29 is 9.63 Å². The molecule has 0 bridgehead atoms. The van der Waals surface area contributed by atoms with E-state index in [1.807, 2.05) is 26.0 Å². The zero-order chi connectivity index (χ0) is 14.1. The van der Waals surface area contributed by atoms with Crippen LogP contribution >= 0.6 is 0 Å². The Bertz CT molecular complexity index is 745. The molecular formula is C15H13N3O2. The Morgan fingerprint density at radius 1 is 0.950 bits per heavy atom. The van der Waals surface area contributed by atoms with E-state index in [1.165, 1.54) is 0 Å². The molecule has 0 spiro atoms. The number of nitrogens with zero attached hydrogens (tertiary/aromatic N) is 3. The van der Waals surface area contributed by atoms with Crippen LogP contribution in [0.25, 0.3) is 22.8 Å². The molecule has 3 rings (SSSR count). The number of hydrogen-bond donors (Lipinski definition) is 1.